The Labute approximate surface area is 128 Å². The second-order valence-corrected chi connectivity index (χ2v) is 4.51. The molecule has 0 aliphatic carbocycles. The van der Waals surface area contributed by atoms with E-state index in [4.69, 9.17) is 9.84 Å². The molecule has 0 atom stereocenters. The summed E-state index contributed by atoms with van der Waals surface area (Å²) in [5.41, 5.74) is 0.439. The predicted molar refractivity (Wildman–Crippen MR) is 78.3 cm³/mol. The number of ether oxygens (including phenoxy) is 2. The van der Waals surface area contributed by atoms with Gasteiger partial charge in [-0.2, -0.15) is 0 Å². The topological polar surface area (TPSA) is 89.9 Å². The third-order valence-corrected chi connectivity index (χ3v) is 3.02. The molecule has 0 fully saturated rings. The van der Waals surface area contributed by atoms with Crippen molar-refractivity contribution in [3.8, 4) is 0 Å². The van der Waals surface area contributed by atoms with E-state index in [2.05, 4.69) is 4.74 Å². The fourth-order valence-electron chi connectivity index (χ4n) is 1.80. The fourth-order valence-corrected chi connectivity index (χ4v) is 1.80. The minimum Gasteiger partial charge on any atom is -0.478 e. The standard InChI is InChI=1S/C16H18O6/c1-11(15(19)21-2)13(14(17)18)9-6-10-22-16(20)12-7-4-3-5-8-12/h3-5,7-8H,6,9-10H2,1-2H3,(H,17,18)/b13-11+. The molecule has 22 heavy (non-hydrogen) atoms. The number of hydrogen-bond acceptors (Lipinski definition) is 5. The molecule has 1 N–H and O–H groups in total. The van der Waals surface area contributed by atoms with E-state index in [-0.39, 0.29) is 24.2 Å². The maximum Gasteiger partial charge on any atom is 0.338 e. The van der Waals surface area contributed by atoms with Gasteiger partial charge in [0.15, 0.2) is 0 Å². The van der Waals surface area contributed by atoms with Gasteiger partial charge in [-0.25, -0.2) is 14.4 Å². The predicted octanol–water partition coefficient (Wildman–Crippen LogP) is 2.20. The molecule has 0 aromatic heterocycles. The van der Waals surface area contributed by atoms with E-state index in [0.717, 1.165) is 0 Å². The summed E-state index contributed by atoms with van der Waals surface area (Å²) < 4.78 is 9.55. The molecular formula is C16H18O6. The Kier molecular flexibility index (Phi) is 6.82. The molecule has 0 spiro atoms. The number of carbonyl (C=O) groups excluding carboxylic acids is 2. The van der Waals surface area contributed by atoms with E-state index in [0.29, 0.717) is 12.0 Å². The zero-order valence-electron chi connectivity index (χ0n) is 12.5. The molecule has 6 heteroatoms. The van der Waals surface area contributed by atoms with Gasteiger partial charge in [-0.1, -0.05) is 18.2 Å². The van der Waals surface area contributed by atoms with Crippen molar-refractivity contribution in [3.05, 3.63) is 47.0 Å². The molecule has 0 amide bonds. The van der Waals surface area contributed by atoms with Crippen LogP contribution < -0.4 is 0 Å². The first-order valence-electron chi connectivity index (χ1n) is 6.71. The van der Waals surface area contributed by atoms with Gasteiger partial charge in [-0.3, -0.25) is 0 Å². The van der Waals surface area contributed by atoms with Crippen molar-refractivity contribution in [1.82, 2.24) is 0 Å². The second-order valence-electron chi connectivity index (χ2n) is 4.51. The van der Waals surface area contributed by atoms with Crippen LogP contribution in [0.5, 0.6) is 0 Å². The lowest BCUT2D eigenvalue weighted by Crippen LogP contribution is -2.12. The van der Waals surface area contributed by atoms with Gasteiger partial charge < -0.3 is 14.6 Å². The number of carbonyl (C=O) groups is 3. The van der Waals surface area contributed by atoms with Gasteiger partial charge in [0.25, 0.3) is 0 Å². The number of methoxy groups -OCH3 is 1. The van der Waals surface area contributed by atoms with Gasteiger partial charge in [0.05, 0.1) is 19.3 Å². The van der Waals surface area contributed by atoms with Gasteiger partial charge >= 0.3 is 17.9 Å². The van der Waals surface area contributed by atoms with E-state index in [9.17, 15) is 14.4 Å². The normalized spacial score (nSPS) is 11.4. The number of esters is 2. The first-order valence-corrected chi connectivity index (χ1v) is 6.71. The Morgan fingerprint density at radius 2 is 1.77 bits per heavy atom. The number of rotatable bonds is 7. The maximum atomic E-state index is 11.7. The first-order chi connectivity index (χ1) is 10.5. The van der Waals surface area contributed by atoms with Crippen molar-refractivity contribution in [3.63, 3.8) is 0 Å². The van der Waals surface area contributed by atoms with Crippen molar-refractivity contribution in [2.24, 2.45) is 0 Å². The van der Waals surface area contributed by atoms with Crippen molar-refractivity contribution in [2.45, 2.75) is 19.8 Å². The van der Waals surface area contributed by atoms with Gasteiger partial charge in [-0.05, 0) is 31.9 Å². The van der Waals surface area contributed by atoms with Gasteiger partial charge in [0.2, 0.25) is 0 Å². The van der Waals surface area contributed by atoms with Crippen LogP contribution in [0.3, 0.4) is 0 Å². The van der Waals surface area contributed by atoms with Crippen LogP contribution in [-0.4, -0.2) is 36.7 Å². The molecule has 6 nitrogen and oxygen atoms in total. The molecule has 0 radical (unpaired) electrons. The third kappa shape index (κ3) is 5.05. The summed E-state index contributed by atoms with van der Waals surface area (Å²) in [4.78, 5) is 34.2. The molecule has 0 heterocycles. The monoisotopic (exact) mass is 306 g/mol. The number of carboxylic acids is 1. The second kappa shape index (κ2) is 8.61. The van der Waals surface area contributed by atoms with Crippen molar-refractivity contribution >= 4 is 17.9 Å². The Bertz CT molecular complexity index is 574. The first kappa shape index (κ1) is 17.4. The highest BCUT2D eigenvalue weighted by atomic mass is 16.5. The highest BCUT2D eigenvalue weighted by molar-refractivity contribution is 5.99. The van der Waals surface area contributed by atoms with Crippen LogP contribution in [0.1, 0.15) is 30.1 Å². The van der Waals surface area contributed by atoms with Crippen LogP contribution in [-0.2, 0) is 19.1 Å². The summed E-state index contributed by atoms with van der Waals surface area (Å²) in [6, 6.07) is 8.50. The van der Waals surface area contributed by atoms with Crippen LogP contribution in [0, 0.1) is 0 Å². The van der Waals surface area contributed by atoms with Crippen molar-refractivity contribution in [2.75, 3.05) is 13.7 Å². The minimum absolute atomic E-state index is 0.0392. The SMILES string of the molecule is COC(=O)/C(C)=C(\CCCOC(=O)c1ccccc1)C(=O)O. The molecule has 118 valence electrons. The Morgan fingerprint density at radius 1 is 1.14 bits per heavy atom. The molecule has 0 aliphatic heterocycles. The molecule has 1 aromatic rings. The average molecular weight is 306 g/mol. The summed E-state index contributed by atoms with van der Waals surface area (Å²) in [5.74, 6) is -2.33. The molecule has 0 aliphatic rings. The molecule has 0 saturated carbocycles. The van der Waals surface area contributed by atoms with E-state index < -0.39 is 17.9 Å². The van der Waals surface area contributed by atoms with Crippen molar-refractivity contribution < 1.29 is 29.0 Å². The number of aliphatic carboxylic acids is 1. The van der Waals surface area contributed by atoms with E-state index >= 15 is 0 Å². The largest absolute Gasteiger partial charge is 0.478 e. The highest BCUT2D eigenvalue weighted by Gasteiger charge is 2.17. The number of carboxylic acid groups (broad SMARTS) is 1. The van der Waals surface area contributed by atoms with Gasteiger partial charge in [-0.15, -0.1) is 0 Å². The lowest BCUT2D eigenvalue weighted by atomic mass is 10.0. The van der Waals surface area contributed by atoms with E-state index in [1.54, 1.807) is 30.3 Å². The van der Waals surface area contributed by atoms with Gasteiger partial charge in [0, 0.05) is 11.1 Å². The average Bonchev–Trinajstić information content (AvgIpc) is 2.53. The zero-order valence-corrected chi connectivity index (χ0v) is 12.5. The number of hydrogen-bond donors (Lipinski definition) is 1. The summed E-state index contributed by atoms with van der Waals surface area (Å²) >= 11 is 0. The van der Waals surface area contributed by atoms with Crippen LogP contribution in [0.25, 0.3) is 0 Å². The summed E-state index contributed by atoms with van der Waals surface area (Å²) in [6.45, 7) is 1.46. The Morgan fingerprint density at radius 3 is 2.32 bits per heavy atom. The number of benzene rings is 1. The van der Waals surface area contributed by atoms with Crippen LogP contribution in [0.15, 0.2) is 41.5 Å². The zero-order chi connectivity index (χ0) is 16.5. The summed E-state index contributed by atoms with van der Waals surface area (Å²) in [6.07, 6.45) is 0.410. The van der Waals surface area contributed by atoms with Crippen LogP contribution >= 0.6 is 0 Å². The fraction of sp³-hybridized carbons (Fsp3) is 0.312. The molecule has 0 saturated heterocycles. The molecule has 1 aromatic carbocycles. The minimum atomic E-state index is -1.18. The Balaban J connectivity index is 2.53. The van der Waals surface area contributed by atoms with Crippen LogP contribution in [0.4, 0.5) is 0 Å². The Hall–Kier alpha value is -2.63. The molecule has 1 rings (SSSR count). The van der Waals surface area contributed by atoms with Gasteiger partial charge in [0.1, 0.15) is 0 Å². The molecule has 0 unspecified atom stereocenters. The summed E-state index contributed by atoms with van der Waals surface area (Å²) in [7, 11) is 1.19. The highest BCUT2D eigenvalue weighted by Crippen LogP contribution is 2.13. The van der Waals surface area contributed by atoms with Crippen molar-refractivity contribution in [1.29, 1.82) is 0 Å². The lowest BCUT2D eigenvalue weighted by molar-refractivity contribution is -0.138. The quantitative estimate of drug-likeness (QED) is 0.472. The van der Waals surface area contributed by atoms with E-state index in [1.165, 1.54) is 14.0 Å². The molecular weight excluding hydrogens is 288 g/mol. The third-order valence-electron chi connectivity index (χ3n) is 3.02. The lowest BCUT2D eigenvalue weighted by Gasteiger charge is -2.08. The van der Waals surface area contributed by atoms with E-state index in [1.807, 2.05) is 0 Å². The smallest absolute Gasteiger partial charge is 0.338 e. The summed E-state index contributed by atoms with van der Waals surface area (Å²) in [5, 5.41) is 9.10. The maximum absolute atomic E-state index is 11.7. The molecule has 0 bridgehead atoms. The van der Waals surface area contributed by atoms with Crippen LogP contribution in [0.2, 0.25) is 0 Å².